The maximum Gasteiger partial charge on any atom is 0.126 e. The van der Waals surface area contributed by atoms with Gasteiger partial charge in [0.05, 0.1) is 0 Å². The molecule has 0 aromatic heterocycles. The van der Waals surface area contributed by atoms with Crippen molar-refractivity contribution in [3.63, 3.8) is 0 Å². The van der Waals surface area contributed by atoms with Gasteiger partial charge in [0.2, 0.25) is 0 Å². The van der Waals surface area contributed by atoms with Gasteiger partial charge in [-0.15, -0.1) is 11.6 Å². The van der Waals surface area contributed by atoms with Crippen LogP contribution >= 0.6 is 11.6 Å². The highest BCUT2D eigenvalue weighted by Gasteiger charge is 2.09. The average Bonchev–Trinajstić information content (AvgIpc) is 2.08. The normalized spacial score (nSPS) is 15.2. The second-order valence-corrected chi connectivity index (χ2v) is 4.67. The Hall–Kier alpha value is -0.560. The van der Waals surface area contributed by atoms with E-state index < -0.39 is 0 Å². The van der Waals surface area contributed by atoms with Crippen LogP contribution in [0.3, 0.4) is 0 Å². The van der Waals surface area contributed by atoms with Crippen LogP contribution in [-0.4, -0.2) is 5.38 Å². The molecular formula is C12H16ClF. The molecule has 1 rings (SSSR count). The van der Waals surface area contributed by atoms with Crippen molar-refractivity contribution >= 4 is 11.6 Å². The molecule has 2 atom stereocenters. The Balaban J connectivity index is 2.80. The van der Waals surface area contributed by atoms with Crippen LogP contribution in [-0.2, 0) is 0 Å². The first-order valence-electron chi connectivity index (χ1n) is 4.91. The highest BCUT2D eigenvalue weighted by Crippen LogP contribution is 2.24. The summed E-state index contributed by atoms with van der Waals surface area (Å²) in [6.45, 7) is 5.88. The molecule has 1 aromatic rings. The molecule has 0 nitrogen and oxygen atoms in total. The van der Waals surface area contributed by atoms with Gasteiger partial charge in [-0.1, -0.05) is 19.1 Å². The molecular weight excluding hydrogens is 199 g/mol. The third kappa shape index (κ3) is 2.98. The Morgan fingerprint density at radius 3 is 2.50 bits per heavy atom. The molecule has 1 aromatic carbocycles. The maximum absolute atomic E-state index is 13.0. The summed E-state index contributed by atoms with van der Waals surface area (Å²) in [6, 6.07) is 5.27. The van der Waals surface area contributed by atoms with E-state index >= 15 is 0 Å². The lowest BCUT2D eigenvalue weighted by Crippen LogP contribution is -2.01. The Morgan fingerprint density at radius 1 is 1.36 bits per heavy atom. The molecule has 14 heavy (non-hydrogen) atoms. The molecule has 2 unspecified atom stereocenters. The third-order valence-electron chi connectivity index (χ3n) is 2.43. The van der Waals surface area contributed by atoms with Crippen LogP contribution in [0.5, 0.6) is 0 Å². The molecule has 0 spiro atoms. The molecule has 0 aliphatic carbocycles. The fourth-order valence-corrected chi connectivity index (χ4v) is 1.86. The van der Waals surface area contributed by atoms with Crippen LogP contribution in [0.1, 0.15) is 37.3 Å². The van der Waals surface area contributed by atoms with Crippen LogP contribution in [0.4, 0.5) is 4.39 Å². The van der Waals surface area contributed by atoms with Gasteiger partial charge in [0.1, 0.15) is 5.82 Å². The van der Waals surface area contributed by atoms with Gasteiger partial charge in [0.25, 0.3) is 0 Å². The summed E-state index contributed by atoms with van der Waals surface area (Å²) >= 11 is 5.92. The number of hydrogen-bond acceptors (Lipinski definition) is 0. The fraction of sp³-hybridized carbons (Fsp3) is 0.500. The Labute approximate surface area is 90.1 Å². The highest BCUT2D eigenvalue weighted by molar-refractivity contribution is 6.20. The van der Waals surface area contributed by atoms with Gasteiger partial charge in [0, 0.05) is 5.38 Å². The molecule has 78 valence electrons. The van der Waals surface area contributed by atoms with Crippen LogP contribution in [0.15, 0.2) is 18.2 Å². The topological polar surface area (TPSA) is 0 Å². The SMILES string of the molecule is Cc1cc(C(C)CC(C)Cl)ccc1F. The van der Waals surface area contributed by atoms with E-state index in [1.54, 1.807) is 6.92 Å². The zero-order valence-electron chi connectivity index (χ0n) is 8.85. The van der Waals surface area contributed by atoms with Crippen LogP contribution < -0.4 is 0 Å². The average molecular weight is 215 g/mol. The summed E-state index contributed by atoms with van der Waals surface area (Å²) in [5, 5.41) is 0.162. The van der Waals surface area contributed by atoms with E-state index in [-0.39, 0.29) is 11.2 Å². The minimum Gasteiger partial charge on any atom is -0.207 e. The third-order valence-corrected chi connectivity index (χ3v) is 2.61. The lowest BCUT2D eigenvalue weighted by Gasteiger charge is -2.13. The van der Waals surface area contributed by atoms with Crippen LogP contribution in [0, 0.1) is 12.7 Å². The fourth-order valence-electron chi connectivity index (χ4n) is 1.60. The molecule has 0 aliphatic heterocycles. The summed E-state index contributed by atoms with van der Waals surface area (Å²) in [4.78, 5) is 0. The zero-order chi connectivity index (χ0) is 10.7. The van der Waals surface area contributed by atoms with Gasteiger partial charge < -0.3 is 0 Å². The largest absolute Gasteiger partial charge is 0.207 e. The van der Waals surface area contributed by atoms with Crippen molar-refractivity contribution in [3.8, 4) is 0 Å². The highest BCUT2D eigenvalue weighted by atomic mass is 35.5. The molecule has 2 heteroatoms. The van der Waals surface area contributed by atoms with E-state index in [1.165, 1.54) is 6.07 Å². The van der Waals surface area contributed by atoms with Gasteiger partial charge in [-0.2, -0.15) is 0 Å². The molecule has 0 fully saturated rings. The lowest BCUT2D eigenvalue weighted by molar-refractivity contribution is 0.613. The molecule has 0 heterocycles. The lowest BCUT2D eigenvalue weighted by atomic mass is 9.95. The molecule has 0 radical (unpaired) electrons. The van der Waals surface area contributed by atoms with E-state index in [2.05, 4.69) is 6.92 Å². The van der Waals surface area contributed by atoms with Gasteiger partial charge in [0.15, 0.2) is 0 Å². The number of rotatable bonds is 3. The second kappa shape index (κ2) is 4.79. The van der Waals surface area contributed by atoms with Crippen molar-refractivity contribution in [2.24, 2.45) is 0 Å². The molecule has 0 saturated heterocycles. The molecule has 0 saturated carbocycles. The standard InChI is InChI=1S/C12H16ClF/c1-8(6-10(3)13)11-4-5-12(14)9(2)7-11/h4-5,7-8,10H,6H2,1-3H3. The van der Waals surface area contributed by atoms with Crippen LogP contribution in [0.25, 0.3) is 0 Å². The van der Waals surface area contributed by atoms with Crippen molar-refractivity contribution in [3.05, 3.63) is 35.1 Å². The van der Waals surface area contributed by atoms with Gasteiger partial charge in [-0.05, 0) is 43.4 Å². The second-order valence-electron chi connectivity index (χ2n) is 3.93. The first kappa shape index (κ1) is 11.5. The van der Waals surface area contributed by atoms with E-state index in [9.17, 15) is 4.39 Å². The van der Waals surface area contributed by atoms with E-state index in [4.69, 9.17) is 11.6 Å². The quantitative estimate of drug-likeness (QED) is 0.660. The van der Waals surface area contributed by atoms with Crippen molar-refractivity contribution in [1.29, 1.82) is 0 Å². The number of alkyl halides is 1. The monoisotopic (exact) mass is 214 g/mol. The van der Waals surface area contributed by atoms with Gasteiger partial charge >= 0.3 is 0 Å². The summed E-state index contributed by atoms with van der Waals surface area (Å²) in [5.41, 5.74) is 1.87. The number of halogens is 2. The van der Waals surface area contributed by atoms with Crippen molar-refractivity contribution in [1.82, 2.24) is 0 Å². The Bertz CT molecular complexity index is 307. The number of aryl methyl sites for hydroxylation is 1. The van der Waals surface area contributed by atoms with Gasteiger partial charge in [-0.3, -0.25) is 0 Å². The zero-order valence-corrected chi connectivity index (χ0v) is 9.61. The van der Waals surface area contributed by atoms with Crippen molar-refractivity contribution in [2.75, 3.05) is 0 Å². The summed E-state index contributed by atoms with van der Waals surface area (Å²) in [5.74, 6) is 0.252. The molecule has 0 bridgehead atoms. The minimum atomic E-state index is -0.139. The summed E-state index contributed by atoms with van der Waals surface area (Å²) < 4.78 is 13.0. The first-order valence-corrected chi connectivity index (χ1v) is 5.34. The summed E-state index contributed by atoms with van der Waals surface area (Å²) in [6.07, 6.45) is 0.923. The smallest absolute Gasteiger partial charge is 0.126 e. The molecule has 0 amide bonds. The first-order chi connectivity index (χ1) is 6.50. The Kier molecular flexibility index (Phi) is 3.94. The van der Waals surface area contributed by atoms with E-state index in [0.29, 0.717) is 11.5 Å². The van der Waals surface area contributed by atoms with E-state index in [1.807, 2.05) is 19.1 Å². The number of benzene rings is 1. The minimum absolute atomic E-state index is 0.139. The predicted molar refractivity (Wildman–Crippen MR) is 59.5 cm³/mol. The molecule has 0 N–H and O–H groups in total. The van der Waals surface area contributed by atoms with Gasteiger partial charge in [-0.25, -0.2) is 4.39 Å². The van der Waals surface area contributed by atoms with Crippen molar-refractivity contribution in [2.45, 2.75) is 38.5 Å². The predicted octanol–water partition coefficient (Wildman–Crippen LogP) is 4.26. The molecule has 0 aliphatic rings. The van der Waals surface area contributed by atoms with Crippen molar-refractivity contribution < 1.29 is 4.39 Å². The Morgan fingerprint density at radius 2 is 2.00 bits per heavy atom. The maximum atomic E-state index is 13.0. The number of hydrogen-bond donors (Lipinski definition) is 0. The van der Waals surface area contributed by atoms with Crippen LogP contribution in [0.2, 0.25) is 0 Å². The van der Waals surface area contributed by atoms with E-state index in [0.717, 1.165) is 12.0 Å². The summed E-state index contributed by atoms with van der Waals surface area (Å²) in [7, 11) is 0.